The van der Waals surface area contributed by atoms with E-state index in [0.717, 1.165) is 25.5 Å². The number of aldehydes is 1. The van der Waals surface area contributed by atoms with Gasteiger partial charge in [0, 0.05) is 6.42 Å². The van der Waals surface area contributed by atoms with Crippen LogP contribution in [0.4, 0.5) is 0 Å². The first kappa shape index (κ1) is 14.4. The monoisotopic (exact) mass is 212 g/mol. The van der Waals surface area contributed by atoms with Crippen molar-refractivity contribution in [1.29, 1.82) is 0 Å². The third-order valence-electron chi connectivity index (χ3n) is 2.44. The second-order valence-corrected chi connectivity index (χ2v) is 5.05. The molecule has 15 heavy (non-hydrogen) atoms. The average molecular weight is 212 g/mol. The molecule has 0 fully saturated rings. The number of allylic oxidation sites excluding steroid dienone is 2. The summed E-state index contributed by atoms with van der Waals surface area (Å²) < 4.78 is 0. The Bertz CT molecular complexity index is 211. The van der Waals surface area contributed by atoms with Crippen molar-refractivity contribution in [2.45, 2.75) is 59.0 Å². The third kappa shape index (κ3) is 9.67. The Balaban J connectivity index is 3.90. The lowest BCUT2D eigenvalue weighted by Gasteiger charge is -2.18. The van der Waals surface area contributed by atoms with Crippen molar-refractivity contribution in [1.82, 2.24) is 0 Å². The maximum Gasteiger partial charge on any atom is 0.120 e. The van der Waals surface area contributed by atoms with Crippen LogP contribution in [-0.2, 0) is 4.79 Å². The number of rotatable bonds is 7. The SMILES string of the molecule is CC(=CC(C)CCC(C)(C)O)CCC=O. The molecule has 0 spiro atoms. The van der Waals surface area contributed by atoms with E-state index in [4.69, 9.17) is 0 Å². The fourth-order valence-electron chi connectivity index (χ4n) is 1.52. The van der Waals surface area contributed by atoms with Gasteiger partial charge in [0.15, 0.2) is 0 Å². The molecule has 0 amide bonds. The molecule has 0 radical (unpaired) electrons. The van der Waals surface area contributed by atoms with Gasteiger partial charge in [-0.2, -0.15) is 0 Å². The van der Waals surface area contributed by atoms with Gasteiger partial charge in [0.1, 0.15) is 6.29 Å². The minimum atomic E-state index is -0.571. The number of hydrogen-bond acceptors (Lipinski definition) is 2. The highest BCUT2D eigenvalue weighted by atomic mass is 16.3. The number of carbonyl (C=O) groups excluding carboxylic acids is 1. The summed E-state index contributed by atoms with van der Waals surface area (Å²) in [6.07, 6.45) is 6.43. The van der Waals surface area contributed by atoms with Crippen LogP contribution < -0.4 is 0 Å². The van der Waals surface area contributed by atoms with Crippen molar-refractivity contribution in [2.75, 3.05) is 0 Å². The van der Waals surface area contributed by atoms with Crippen molar-refractivity contribution < 1.29 is 9.90 Å². The zero-order chi connectivity index (χ0) is 11.9. The van der Waals surface area contributed by atoms with Crippen LogP contribution in [0.2, 0.25) is 0 Å². The molecular weight excluding hydrogens is 188 g/mol. The first-order valence-corrected chi connectivity index (χ1v) is 5.68. The molecule has 0 aliphatic heterocycles. The first-order valence-electron chi connectivity index (χ1n) is 5.68. The Morgan fingerprint density at radius 2 is 2.07 bits per heavy atom. The Morgan fingerprint density at radius 3 is 2.53 bits per heavy atom. The van der Waals surface area contributed by atoms with Crippen LogP contribution in [0, 0.1) is 5.92 Å². The van der Waals surface area contributed by atoms with E-state index in [1.165, 1.54) is 5.57 Å². The summed E-state index contributed by atoms with van der Waals surface area (Å²) in [5.74, 6) is 0.475. The summed E-state index contributed by atoms with van der Waals surface area (Å²) in [4.78, 5) is 10.2. The van der Waals surface area contributed by atoms with Gasteiger partial charge in [-0.1, -0.05) is 18.6 Å². The molecule has 1 N–H and O–H groups in total. The molecule has 1 atom stereocenters. The lowest BCUT2D eigenvalue weighted by atomic mass is 9.94. The lowest BCUT2D eigenvalue weighted by molar-refractivity contribution is -0.107. The average Bonchev–Trinajstić information content (AvgIpc) is 2.10. The maximum absolute atomic E-state index is 10.2. The molecule has 0 saturated heterocycles. The van der Waals surface area contributed by atoms with Gasteiger partial charge in [-0.25, -0.2) is 0 Å². The summed E-state index contributed by atoms with van der Waals surface area (Å²) in [6, 6.07) is 0. The summed E-state index contributed by atoms with van der Waals surface area (Å²) in [7, 11) is 0. The second-order valence-electron chi connectivity index (χ2n) is 5.05. The quantitative estimate of drug-likeness (QED) is 0.520. The molecule has 0 aromatic heterocycles. The minimum absolute atomic E-state index is 0.475. The lowest BCUT2D eigenvalue weighted by Crippen LogP contribution is -2.19. The highest BCUT2D eigenvalue weighted by Gasteiger charge is 2.13. The van der Waals surface area contributed by atoms with Gasteiger partial charge in [0.2, 0.25) is 0 Å². The normalized spacial score (nSPS) is 15.1. The Labute approximate surface area is 93.4 Å². The standard InChI is InChI=1S/C13H24O2/c1-11(6-5-9-14)10-12(2)7-8-13(3,4)15/h9-10,12,15H,5-8H2,1-4H3. The van der Waals surface area contributed by atoms with Crippen LogP contribution >= 0.6 is 0 Å². The van der Waals surface area contributed by atoms with Gasteiger partial charge < -0.3 is 9.90 Å². The summed E-state index contributed by atoms with van der Waals surface area (Å²) in [6.45, 7) is 7.88. The first-order chi connectivity index (χ1) is 6.85. The predicted octanol–water partition coefficient (Wildman–Crippen LogP) is 3.10. The molecule has 0 aromatic carbocycles. The van der Waals surface area contributed by atoms with Crippen molar-refractivity contribution in [3.8, 4) is 0 Å². The van der Waals surface area contributed by atoms with E-state index in [2.05, 4.69) is 19.9 Å². The topological polar surface area (TPSA) is 37.3 Å². The van der Waals surface area contributed by atoms with E-state index in [-0.39, 0.29) is 0 Å². The van der Waals surface area contributed by atoms with E-state index < -0.39 is 5.60 Å². The minimum Gasteiger partial charge on any atom is -0.390 e. The van der Waals surface area contributed by atoms with Crippen molar-refractivity contribution >= 4 is 6.29 Å². The van der Waals surface area contributed by atoms with Crippen LogP contribution in [0.25, 0.3) is 0 Å². The fraction of sp³-hybridized carbons (Fsp3) is 0.769. The highest BCUT2D eigenvalue weighted by molar-refractivity contribution is 5.49. The highest BCUT2D eigenvalue weighted by Crippen LogP contribution is 2.18. The van der Waals surface area contributed by atoms with Crippen LogP contribution in [0.5, 0.6) is 0 Å². The number of hydrogen-bond donors (Lipinski definition) is 1. The summed E-state index contributed by atoms with van der Waals surface area (Å²) >= 11 is 0. The van der Waals surface area contributed by atoms with Gasteiger partial charge in [0.25, 0.3) is 0 Å². The largest absolute Gasteiger partial charge is 0.390 e. The van der Waals surface area contributed by atoms with E-state index in [1.54, 1.807) is 0 Å². The molecule has 2 nitrogen and oxygen atoms in total. The Kier molecular flexibility index (Phi) is 6.50. The van der Waals surface area contributed by atoms with Crippen LogP contribution in [0.3, 0.4) is 0 Å². The molecule has 0 saturated carbocycles. The fourth-order valence-corrected chi connectivity index (χ4v) is 1.52. The third-order valence-corrected chi connectivity index (χ3v) is 2.44. The molecule has 0 aromatic rings. The molecule has 0 bridgehead atoms. The number of carbonyl (C=O) groups is 1. The number of aliphatic hydroxyl groups is 1. The van der Waals surface area contributed by atoms with Gasteiger partial charge in [0.05, 0.1) is 5.60 Å². The van der Waals surface area contributed by atoms with Crippen LogP contribution in [-0.4, -0.2) is 17.0 Å². The van der Waals surface area contributed by atoms with E-state index in [1.807, 2.05) is 13.8 Å². The van der Waals surface area contributed by atoms with E-state index in [9.17, 15) is 9.90 Å². The maximum atomic E-state index is 10.2. The molecule has 0 rings (SSSR count). The Hall–Kier alpha value is -0.630. The predicted molar refractivity (Wildman–Crippen MR) is 63.8 cm³/mol. The molecule has 2 heteroatoms. The van der Waals surface area contributed by atoms with E-state index in [0.29, 0.717) is 12.3 Å². The molecule has 88 valence electrons. The summed E-state index contributed by atoms with van der Waals surface area (Å²) in [5.41, 5.74) is 0.698. The zero-order valence-corrected chi connectivity index (χ0v) is 10.4. The Morgan fingerprint density at radius 1 is 1.47 bits per heavy atom. The smallest absolute Gasteiger partial charge is 0.120 e. The van der Waals surface area contributed by atoms with Gasteiger partial charge >= 0.3 is 0 Å². The van der Waals surface area contributed by atoms with Gasteiger partial charge in [-0.05, 0) is 46.0 Å². The van der Waals surface area contributed by atoms with Gasteiger partial charge in [-0.15, -0.1) is 0 Å². The van der Waals surface area contributed by atoms with Gasteiger partial charge in [-0.3, -0.25) is 0 Å². The van der Waals surface area contributed by atoms with E-state index >= 15 is 0 Å². The zero-order valence-electron chi connectivity index (χ0n) is 10.4. The molecular formula is C13H24O2. The van der Waals surface area contributed by atoms with Crippen molar-refractivity contribution in [3.63, 3.8) is 0 Å². The summed E-state index contributed by atoms with van der Waals surface area (Å²) in [5, 5.41) is 9.58. The van der Waals surface area contributed by atoms with Crippen molar-refractivity contribution in [2.24, 2.45) is 5.92 Å². The van der Waals surface area contributed by atoms with Crippen LogP contribution in [0.1, 0.15) is 53.4 Å². The second kappa shape index (κ2) is 6.78. The molecule has 0 aliphatic carbocycles. The molecule has 0 heterocycles. The molecule has 0 aliphatic rings. The molecule has 1 unspecified atom stereocenters. The van der Waals surface area contributed by atoms with Crippen LogP contribution in [0.15, 0.2) is 11.6 Å². The van der Waals surface area contributed by atoms with Crippen molar-refractivity contribution in [3.05, 3.63) is 11.6 Å².